The smallest absolute Gasteiger partial charge is 0.253 e. The molecule has 1 rings (SSSR count). The van der Waals surface area contributed by atoms with Gasteiger partial charge in [-0.3, -0.25) is 4.79 Å². The van der Waals surface area contributed by atoms with Crippen LogP contribution in [0.3, 0.4) is 0 Å². The van der Waals surface area contributed by atoms with Gasteiger partial charge < -0.3 is 9.64 Å². The second-order valence-corrected chi connectivity index (χ2v) is 4.00. The quantitative estimate of drug-likeness (QED) is 0.781. The van der Waals surface area contributed by atoms with E-state index >= 15 is 0 Å². The molecule has 0 atom stereocenters. The number of nitrogens with zero attached hydrogens (tertiary/aromatic N) is 2. The normalized spacial score (nSPS) is 10.2. The van der Waals surface area contributed by atoms with Gasteiger partial charge in [0.25, 0.3) is 5.91 Å². The van der Waals surface area contributed by atoms with Gasteiger partial charge in [0.2, 0.25) is 0 Å². The Morgan fingerprint density at radius 3 is 2.50 bits per heavy atom. The summed E-state index contributed by atoms with van der Waals surface area (Å²) in [5, 5.41) is 0.409. The van der Waals surface area contributed by atoms with Crippen LogP contribution >= 0.6 is 23.2 Å². The molecule has 0 fully saturated rings. The van der Waals surface area contributed by atoms with Gasteiger partial charge >= 0.3 is 0 Å². The van der Waals surface area contributed by atoms with Gasteiger partial charge in [-0.25, -0.2) is 4.98 Å². The number of likely N-dealkylation sites (N-methyl/N-ethyl adjacent to an activating group) is 1. The van der Waals surface area contributed by atoms with Crippen molar-refractivity contribution in [2.24, 2.45) is 0 Å². The van der Waals surface area contributed by atoms with Crippen LogP contribution in [0.1, 0.15) is 10.4 Å². The van der Waals surface area contributed by atoms with Crippen LogP contribution < -0.4 is 0 Å². The van der Waals surface area contributed by atoms with Gasteiger partial charge in [0.05, 0.1) is 6.61 Å². The lowest BCUT2D eigenvalue weighted by atomic mass is 10.2. The minimum Gasteiger partial charge on any atom is -0.383 e. The van der Waals surface area contributed by atoms with Crippen molar-refractivity contribution < 1.29 is 9.53 Å². The summed E-state index contributed by atoms with van der Waals surface area (Å²) >= 11 is 11.4. The molecule has 0 spiro atoms. The Hall–Kier alpha value is -0.840. The summed E-state index contributed by atoms with van der Waals surface area (Å²) in [5.74, 6) is -0.164. The van der Waals surface area contributed by atoms with E-state index in [4.69, 9.17) is 27.9 Å². The molecule has 4 nitrogen and oxygen atoms in total. The first-order chi connectivity index (χ1) is 7.54. The minimum absolute atomic E-state index is 0.164. The number of pyridine rings is 1. The van der Waals surface area contributed by atoms with Crippen LogP contribution in [0, 0.1) is 0 Å². The second kappa shape index (κ2) is 6.03. The van der Waals surface area contributed by atoms with E-state index in [-0.39, 0.29) is 16.2 Å². The fourth-order valence-corrected chi connectivity index (χ4v) is 1.60. The number of halogens is 2. The lowest BCUT2D eigenvalue weighted by Gasteiger charge is -2.16. The van der Waals surface area contributed by atoms with Crippen LogP contribution in [0.15, 0.2) is 12.1 Å². The van der Waals surface area contributed by atoms with Gasteiger partial charge in [0.1, 0.15) is 10.3 Å². The molecule has 88 valence electrons. The average Bonchev–Trinajstić information content (AvgIpc) is 2.23. The first-order valence-electron chi connectivity index (χ1n) is 4.62. The molecule has 0 aromatic carbocycles. The van der Waals surface area contributed by atoms with E-state index in [0.717, 1.165) is 0 Å². The zero-order chi connectivity index (χ0) is 12.1. The van der Waals surface area contributed by atoms with Gasteiger partial charge in [-0.2, -0.15) is 0 Å². The predicted octanol–water partition coefficient (Wildman–Crippen LogP) is 2.11. The zero-order valence-electron chi connectivity index (χ0n) is 9.04. The summed E-state index contributed by atoms with van der Waals surface area (Å²) in [4.78, 5) is 17.2. The lowest BCUT2D eigenvalue weighted by Crippen LogP contribution is -2.29. The molecule has 0 aliphatic rings. The molecule has 1 aromatic rings. The number of rotatable bonds is 4. The number of hydrogen-bond acceptors (Lipinski definition) is 3. The summed E-state index contributed by atoms with van der Waals surface area (Å²) in [5.41, 5.74) is 0.420. The number of aromatic nitrogens is 1. The van der Waals surface area contributed by atoms with Crippen molar-refractivity contribution in [1.29, 1.82) is 0 Å². The number of carbonyl (C=O) groups excluding carboxylic acids is 1. The van der Waals surface area contributed by atoms with Gasteiger partial charge in [-0.1, -0.05) is 23.2 Å². The molecule has 16 heavy (non-hydrogen) atoms. The largest absolute Gasteiger partial charge is 0.383 e. The topological polar surface area (TPSA) is 42.4 Å². The molecule has 6 heteroatoms. The number of methoxy groups -OCH3 is 1. The standard InChI is InChI=1S/C10H12Cl2N2O2/c1-14(3-4-16-2)10(15)7-5-8(11)13-9(12)6-7/h5-6H,3-4H2,1-2H3. The van der Waals surface area contributed by atoms with Crippen molar-refractivity contribution in [3.05, 3.63) is 28.0 Å². The number of amides is 1. The number of ether oxygens (including phenoxy) is 1. The summed E-state index contributed by atoms with van der Waals surface area (Å²) in [6.45, 7) is 0.988. The highest BCUT2D eigenvalue weighted by Gasteiger charge is 2.13. The lowest BCUT2D eigenvalue weighted by molar-refractivity contribution is 0.0744. The molecule has 0 radical (unpaired) electrons. The maximum atomic E-state index is 11.9. The Kier molecular flexibility index (Phi) is 4.99. The summed E-state index contributed by atoms with van der Waals surface area (Å²) in [7, 11) is 3.27. The molecule has 0 aliphatic carbocycles. The molecule has 1 aromatic heterocycles. The van der Waals surface area contributed by atoms with E-state index in [2.05, 4.69) is 4.98 Å². The molecule has 0 aliphatic heterocycles. The van der Waals surface area contributed by atoms with Crippen LogP contribution in [0.4, 0.5) is 0 Å². The molecule has 0 saturated heterocycles. The van der Waals surface area contributed by atoms with Gasteiger partial charge in [0.15, 0.2) is 0 Å². The number of hydrogen-bond donors (Lipinski definition) is 0. The van der Waals surface area contributed by atoms with Gasteiger partial charge in [-0.05, 0) is 12.1 Å². The third-order valence-corrected chi connectivity index (χ3v) is 2.37. The summed E-state index contributed by atoms with van der Waals surface area (Å²) in [6.07, 6.45) is 0. The zero-order valence-corrected chi connectivity index (χ0v) is 10.5. The maximum absolute atomic E-state index is 11.9. The highest BCUT2D eigenvalue weighted by atomic mass is 35.5. The Bertz CT molecular complexity index is 365. The van der Waals surface area contributed by atoms with E-state index in [0.29, 0.717) is 18.7 Å². The number of carbonyl (C=O) groups is 1. The molecule has 1 heterocycles. The van der Waals surface area contributed by atoms with Crippen LogP contribution in [0.5, 0.6) is 0 Å². The van der Waals surface area contributed by atoms with Crippen molar-refractivity contribution in [1.82, 2.24) is 9.88 Å². The molecule has 1 amide bonds. The van der Waals surface area contributed by atoms with E-state index in [1.807, 2.05) is 0 Å². The van der Waals surface area contributed by atoms with Crippen molar-refractivity contribution in [2.75, 3.05) is 27.3 Å². The van der Waals surface area contributed by atoms with E-state index in [1.54, 1.807) is 14.2 Å². The molecule has 0 bridgehead atoms. The van der Waals surface area contributed by atoms with Crippen LogP contribution in [0.25, 0.3) is 0 Å². The summed E-state index contributed by atoms with van der Waals surface area (Å²) < 4.78 is 4.89. The first kappa shape index (κ1) is 13.2. The Labute approximate surface area is 104 Å². The minimum atomic E-state index is -0.164. The molecule has 0 N–H and O–H groups in total. The fourth-order valence-electron chi connectivity index (χ4n) is 1.14. The average molecular weight is 263 g/mol. The SMILES string of the molecule is COCCN(C)C(=O)c1cc(Cl)nc(Cl)c1. The Balaban J connectivity index is 2.79. The third kappa shape index (κ3) is 3.63. The Morgan fingerprint density at radius 1 is 1.44 bits per heavy atom. The first-order valence-corrected chi connectivity index (χ1v) is 5.37. The van der Waals surface area contributed by atoms with Crippen molar-refractivity contribution in [2.45, 2.75) is 0 Å². The Morgan fingerprint density at radius 2 is 2.00 bits per heavy atom. The van der Waals surface area contributed by atoms with Crippen LogP contribution in [-0.4, -0.2) is 43.1 Å². The van der Waals surface area contributed by atoms with Crippen molar-refractivity contribution >= 4 is 29.1 Å². The van der Waals surface area contributed by atoms with Crippen molar-refractivity contribution in [3.63, 3.8) is 0 Å². The monoisotopic (exact) mass is 262 g/mol. The highest BCUT2D eigenvalue weighted by Crippen LogP contribution is 2.15. The van der Waals surface area contributed by atoms with Gasteiger partial charge in [-0.15, -0.1) is 0 Å². The van der Waals surface area contributed by atoms with Crippen LogP contribution in [-0.2, 0) is 4.74 Å². The van der Waals surface area contributed by atoms with E-state index in [9.17, 15) is 4.79 Å². The molecular weight excluding hydrogens is 251 g/mol. The highest BCUT2D eigenvalue weighted by molar-refractivity contribution is 6.33. The predicted molar refractivity (Wildman–Crippen MR) is 63.1 cm³/mol. The second-order valence-electron chi connectivity index (χ2n) is 3.22. The van der Waals surface area contributed by atoms with Crippen molar-refractivity contribution in [3.8, 4) is 0 Å². The van der Waals surface area contributed by atoms with Gasteiger partial charge in [0, 0.05) is 26.3 Å². The molecular formula is C10H12Cl2N2O2. The fraction of sp³-hybridized carbons (Fsp3) is 0.400. The third-order valence-electron chi connectivity index (χ3n) is 1.99. The molecule has 0 saturated carbocycles. The molecule has 0 unspecified atom stereocenters. The van der Waals surface area contributed by atoms with E-state index < -0.39 is 0 Å². The van der Waals surface area contributed by atoms with E-state index in [1.165, 1.54) is 17.0 Å². The maximum Gasteiger partial charge on any atom is 0.253 e. The summed E-state index contributed by atoms with van der Waals surface area (Å²) in [6, 6.07) is 2.97. The van der Waals surface area contributed by atoms with Crippen LogP contribution in [0.2, 0.25) is 10.3 Å².